The van der Waals surface area contributed by atoms with Gasteiger partial charge in [0.05, 0.1) is 7.11 Å². The monoisotopic (exact) mass is 256 g/mol. The van der Waals surface area contributed by atoms with Crippen LogP contribution in [0.4, 0.5) is 0 Å². The third-order valence-electron chi connectivity index (χ3n) is 1.75. The van der Waals surface area contributed by atoms with Crippen LogP contribution in [0.3, 0.4) is 0 Å². The molecule has 1 aromatic rings. The molecule has 0 fully saturated rings. The van der Waals surface area contributed by atoms with Crippen LogP contribution in [0.25, 0.3) is 6.08 Å². The van der Waals surface area contributed by atoms with Gasteiger partial charge in [0.25, 0.3) is 0 Å². The molecule has 0 spiro atoms. The Labute approximate surface area is 102 Å². The van der Waals surface area contributed by atoms with Gasteiger partial charge in [0, 0.05) is 12.7 Å². The minimum Gasteiger partial charge on any atom is -0.465 e. The van der Waals surface area contributed by atoms with Gasteiger partial charge < -0.3 is 4.74 Å². The average Bonchev–Trinajstić information content (AvgIpc) is 2.71. The lowest BCUT2D eigenvalue weighted by atomic mass is 10.2. The van der Waals surface area contributed by atoms with Crippen molar-refractivity contribution in [2.75, 3.05) is 12.9 Å². The highest BCUT2D eigenvalue weighted by Crippen LogP contribution is 2.19. The summed E-state index contributed by atoms with van der Waals surface area (Å²) in [5.41, 5.74) is 0.834. The minimum atomic E-state index is -0.325. The summed E-state index contributed by atoms with van der Waals surface area (Å²) in [6.07, 6.45) is 3.69. The lowest BCUT2D eigenvalue weighted by Crippen LogP contribution is -1.99. The summed E-state index contributed by atoms with van der Waals surface area (Å²) in [6.45, 7) is 1.53. The Kier molecular flexibility index (Phi) is 5.28. The van der Waals surface area contributed by atoms with Gasteiger partial charge >= 0.3 is 5.97 Å². The Hall–Kier alpha value is -1.07. The van der Waals surface area contributed by atoms with E-state index < -0.39 is 0 Å². The Bertz CT molecular complexity index is 407. The van der Waals surface area contributed by atoms with E-state index in [2.05, 4.69) is 4.74 Å². The van der Waals surface area contributed by atoms with Gasteiger partial charge in [0.15, 0.2) is 5.12 Å². The predicted octanol–water partition coefficient (Wildman–Crippen LogP) is 2.83. The second-order valence-corrected chi connectivity index (χ2v) is 5.01. The van der Waals surface area contributed by atoms with Crippen LogP contribution in [-0.2, 0) is 9.53 Å². The first-order chi connectivity index (χ1) is 7.65. The Balaban J connectivity index is 2.63. The summed E-state index contributed by atoms with van der Waals surface area (Å²) in [4.78, 5) is 22.6. The number of carbonyl (C=O) groups excluding carboxylic acids is 2. The smallest absolute Gasteiger partial charge is 0.348 e. The van der Waals surface area contributed by atoms with Crippen molar-refractivity contribution in [2.24, 2.45) is 0 Å². The molecule has 3 nitrogen and oxygen atoms in total. The van der Waals surface area contributed by atoms with Crippen molar-refractivity contribution in [3.05, 3.63) is 28.0 Å². The lowest BCUT2D eigenvalue weighted by molar-refractivity contribution is -0.109. The number of thioether (sulfide) groups is 1. The highest BCUT2D eigenvalue weighted by Gasteiger charge is 2.10. The third kappa shape index (κ3) is 3.83. The van der Waals surface area contributed by atoms with Gasteiger partial charge in [0.2, 0.25) is 0 Å². The molecule has 1 aromatic heterocycles. The van der Waals surface area contributed by atoms with Gasteiger partial charge in [0.1, 0.15) is 4.88 Å². The summed E-state index contributed by atoms with van der Waals surface area (Å²) < 4.78 is 4.66. The highest BCUT2D eigenvalue weighted by atomic mass is 32.2. The summed E-state index contributed by atoms with van der Waals surface area (Å²) >= 11 is 2.58. The van der Waals surface area contributed by atoms with Crippen molar-refractivity contribution in [3.63, 3.8) is 0 Å². The fourth-order valence-electron chi connectivity index (χ4n) is 1.05. The number of rotatable bonds is 4. The van der Waals surface area contributed by atoms with Gasteiger partial charge in [-0.05, 0) is 17.0 Å². The first-order valence-electron chi connectivity index (χ1n) is 4.61. The Morgan fingerprint density at radius 1 is 1.56 bits per heavy atom. The molecule has 86 valence electrons. The van der Waals surface area contributed by atoms with Crippen molar-refractivity contribution in [3.8, 4) is 0 Å². The standard InChI is InChI=1S/C11H12O3S2/c1-8(12)15-6-3-4-9-5-7-16-10(9)11(13)14-2/h3-5,7H,6H2,1-2H3. The van der Waals surface area contributed by atoms with E-state index >= 15 is 0 Å². The number of hydrogen-bond donors (Lipinski definition) is 0. The quantitative estimate of drug-likeness (QED) is 0.777. The number of esters is 1. The molecule has 0 unspecified atom stereocenters. The summed E-state index contributed by atoms with van der Waals surface area (Å²) in [5.74, 6) is 0.292. The zero-order chi connectivity index (χ0) is 12.0. The maximum Gasteiger partial charge on any atom is 0.348 e. The van der Waals surface area contributed by atoms with Crippen molar-refractivity contribution in [2.45, 2.75) is 6.92 Å². The maximum atomic E-state index is 11.3. The molecule has 1 heterocycles. The number of methoxy groups -OCH3 is 1. The van der Waals surface area contributed by atoms with Crippen molar-refractivity contribution < 1.29 is 14.3 Å². The summed E-state index contributed by atoms with van der Waals surface area (Å²) in [6, 6.07) is 1.85. The van der Waals surface area contributed by atoms with Crippen LogP contribution in [0.1, 0.15) is 22.2 Å². The van der Waals surface area contributed by atoms with E-state index in [-0.39, 0.29) is 11.1 Å². The van der Waals surface area contributed by atoms with Crippen LogP contribution in [0.2, 0.25) is 0 Å². The average molecular weight is 256 g/mol. The van der Waals surface area contributed by atoms with Crippen molar-refractivity contribution in [1.82, 2.24) is 0 Å². The molecule has 5 heteroatoms. The zero-order valence-electron chi connectivity index (χ0n) is 9.06. The molecular formula is C11H12O3S2. The van der Waals surface area contributed by atoms with Crippen LogP contribution >= 0.6 is 23.1 Å². The van der Waals surface area contributed by atoms with Crippen LogP contribution in [0, 0.1) is 0 Å². The molecule has 0 atom stereocenters. The molecule has 0 aliphatic carbocycles. The van der Waals surface area contributed by atoms with Gasteiger partial charge in [-0.2, -0.15) is 0 Å². The molecule has 0 amide bonds. The molecule has 0 bridgehead atoms. The largest absolute Gasteiger partial charge is 0.465 e. The first-order valence-corrected chi connectivity index (χ1v) is 6.47. The molecule has 0 saturated carbocycles. The van der Waals surface area contributed by atoms with E-state index in [4.69, 9.17) is 0 Å². The highest BCUT2D eigenvalue weighted by molar-refractivity contribution is 8.13. The molecule has 0 aliphatic heterocycles. The van der Waals surface area contributed by atoms with E-state index in [0.29, 0.717) is 10.6 Å². The van der Waals surface area contributed by atoms with E-state index in [1.807, 2.05) is 23.6 Å². The van der Waals surface area contributed by atoms with E-state index in [1.54, 1.807) is 0 Å². The Morgan fingerprint density at radius 3 is 2.94 bits per heavy atom. The number of carbonyl (C=O) groups is 2. The summed E-state index contributed by atoms with van der Waals surface area (Å²) in [5, 5.41) is 1.92. The Morgan fingerprint density at radius 2 is 2.31 bits per heavy atom. The zero-order valence-corrected chi connectivity index (χ0v) is 10.7. The van der Waals surface area contributed by atoms with Crippen LogP contribution in [0.5, 0.6) is 0 Å². The molecule has 0 aliphatic rings. The van der Waals surface area contributed by atoms with Crippen LogP contribution in [0.15, 0.2) is 17.5 Å². The number of hydrogen-bond acceptors (Lipinski definition) is 5. The van der Waals surface area contributed by atoms with Gasteiger partial charge in [-0.1, -0.05) is 23.9 Å². The first kappa shape index (κ1) is 13.0. The number of thiophene rings is 1. The van der Waals surface area contributed by atoms with Crippen molar-refractivity contribution in [1.29, 1.82) is 0 Å². The lowest BCUT2D eigenvalue weighted by Gasteiger charge is -1.96. The molecule has 0 radical (unpaired) electrons. The topological polar surface area (TPSA) is 43.4 Å². The van der Waals surface area contributed by atoms with Gasteiger partial charge in [-0.3, -0.25) is 4.79 Å². The maximum absolute atomic E-state index is 11.3. The minimum absolute atomic E-state index is 0.0863. The van der Waals surface area contributed by atoms with Crippen molar-refractivity contribution >= 4 is 40.3 Å². The van der Waals surface area contributed by atoms with Gasteiger partial charge in [-0.15, -0.1) is 11.3 Å². The molecule has 0 saturated heterocycles. The fourth-order valence-corrected chi connectivity index (χ4v) is 2.28. The van der Waals surface area contributed by atoms with E-state index in [0.717, 1.165) is 5.56 Å². The van der Waals surface area contributed by atoms with Crippen LogP contribution < -0.4 is 0 Å². The normalized spacial score (nSPS) is 10.6. The molecule has 1 rings (SSSR count). The summed E-state index contributed by atoms with van der Waals surface area (Å²) in [7, 11) is 1.36. The molecule has 0 N–H and O–H groups in total. The van der Waals surface area contributed by atoms with E-state index in [9.17, 15) is 9.59 Å². The molecular weight excluding hydrogens is 244 g/mol. The fraction of sp³-hybridized carbons (Fsp3) is 0.273. The van der Waals surface area contributed by atoms with E-state index in [1.165, 1.54) is 37.1 Å². The third-order valence-corrected chi connectivity index (χ3v) is 3.42. The second-order valence-electron chi connectivity index (χ2n) is 2.90. The second kappa shape index (κ2) is 6.50. The van der Waals surface area contributed by atoms with Crippen LogP contribution in [-0.4, -0.2) is 23.9 Å². The number of ether oxygens (including phenoxy) is 1. The van der Waals surface area contributed by atoms with Gasteiger partial charge in [-0.25, -0.2) is 4.79 Å². The molecule has 0 aromatic carbocycles. The SMILES string of the molecule is COC(=O)c1sccc1C=CCSC(C)=O. The predicted molar refractivity (Wildman–Crippen MR) is 67.8 cm³/mol. The molecule has 16 heavy (non-hydrogen) atoms.